The zero-order valence-corrected chi connectivity index (χ0v) is 9.81. The molecular formula is C9H4Cl3F3O. The molecule has 0 spiro atoms. The SMILES string of the molecule is O=C(CCl)c1c(Cl)ccc(C(F)(F)F)c1Cl. The fraction of sp³-hybridized carbons (Fsp3) is 0.222. The molecule has 0 bridgehead atoms. The lowest BCUT2D eigenvalue weighted by atomic mass is 10.1. The highest BCUT2D eigenvalue weighted by molar-refractivity contribution is 6.42. The van der Waals surface area contributed by atoms with E-state index >= 15 is 0 Å². The second-order valence-corrected chi connectivity index (χ2v) is 3.89. The smallest absolute Gasteiger partial charge is 0.293 e. The Bertz CT molecular complexity index is 429. The van der Waals surface area contributed by atoms with E-state index in [1.165, 1.54) is 0 Å². The Morgan fingerprint density at radius 2 is 1.81 bits per heavy atom. The number of hydrogen-bond acceptors (Lipinski definition) is 1. The number of rotatable bonds is 2. The van der Waals surface area contributed by atoms with Crippen LogP contribution in [0.1, 0.15) is 15.9 Å². The van der Waals surface area contributed by atoms with Crippen molar-refractivity contribution in [1.29, 1.82) is 0 Å². The van der Waals surface area contributed by atoms with Gasteiger partial charge in [-0.3, -0.25) is 4.79 Å². The minimum atomic E-state index is -4.64. The van der Waals surface area contributed by atoms with Gasteiger partial charge in [-0.25, -0.2) is 0 Å². The van der Waals surface area contributed by atoms with Crippen molar-refractivity contribution in [3.05, 3.63) is 33.3 Å². The molecule has 0 saturated heterocycles. The summed E-state index contributed by atoms with van der Waals surface area (Å²) in [6, 6.07) is 1.69. The molecule has 1 aromatic carbocycles. The van der Waals surface area contributed by atoms with E-state index in [0.717, 1.165) is 12.1 Å². The van der Waals surface area contributed by atoms with Crippen molar-refractivity contribution in [3.8, 4) is 0 Å². The molecule has 0 saturated carbocycles. The number of ketones is 1. The maximum Gasteiger partial charge on any atom is 0.417 e. The Morgan fingerprint density at radius 1 is 1.25 bits per heavy atom. The van der Waals surface area contributed by atoms with Crippen molar-refractivity contribution < 1.29 is 18.0 Å². The first-order valence-electron chi connectivity index (χ1n) is 3.93. The molecule has 0 radical (unpaired) electrons. The van der Waals surface area contributed by atoms with Gasteiger partial charge >= 0.3 is 6.18 Å². The third-order valence-corrected chi connectivity index (χ3v) is 2.75. The number of benzene rings is 1. The maximum absolute atomic E-state index is 12.5. The second-order valence-electron chi connectivity index (χ2n) is 2.84. The maximum atomic E-state index is 12.5. The summed E-state index contributed by atoms with van der Waals surface area (Å²) in [6.07, 6.45) is -4.64. The summed E-state index contributed by atoms with van der Waals surface area (Å²) in [7, 11) is 0. The summed E-state index contributed by atoms with van der Waals surface area (Å²) < 4.78 is 37.4. The molecule has 88 valence electrons. The molecule has 0 aliphatic heterocycles. The lowest BCUT2D eigenvalue weighted by Gasteiger charge is -2.12. The van der Waals surface area contributed by atoms with Crippen LogP contribution >= 0.6 is 34.8 Å². The van der Waals surface area contributed by atoms with Crippen LogP contribution in [0.5, 0.6) is 0 Å². The number of halogens is 6. The van der Waals surface area contributed by atoms with Gasteiger partial charge in [-0.15, -0.1) is 11.6 Å². The standard InChI is InChI=1S/C9H4Cl3F3O/c10-3-6(16)7-5(11)2-1-4(8(7)12)9(13,14)15/h1-2H,3H2. The van der Waals surface area contributed by atoms with Gasteiger partial charge in [-0.05, 0) is 12.1 Å². The predicted molar refractivity (Wildman–Crippen MR) is 56.5 cm³/mol. The zero-order chi connectivity index (χ0) is 12.5. The van der Waals surface area contributed by atoms with Crippen molar-refractivity contribution in [2.24, 2.45) is 0 Å². The Labute approximate surface area is 104 Å². The van der Waals surface area contributed by atoms with Crippen molar-refractivity contribution in [1.82, 2.24) is 0 Å². The van der Waals surface area contributed by atoms with Gasteiger partial charge in [0.25, 0.3) is 0 Å². The van der Waals surface area contributed by atoms with Crippen LogP contribution in [0.25, 0.3) is 0 Å². The van der Waals surface area contributed by atoms with Crippen LogP contribution in [-0.4, -0.2) is 11.7 Å². The average Bonchev–Trinajstić information content (AvgIpc) is 2.15. The van der Waals surface area contributed by atoms with Gasteiger partial charge in [0, 0.05) is 0 Å². The van der Waals surface area contributed by atoms with Gasteiger partial charge in [0.15, 0.2) is 5.78 Å². The number of carbonyl (C=O) groups excluding carboxylic acids is 1. The third-order valence-electron chi connectivity index (χ3n) is 1.80. The van der Waals surface area contributed by atoms with E-state index in [1.807, 2.05) is 0 Å². The van der Waals surface area contributed by atoms with E-state index in [4.69, 9.17) is 34.8 Å². The van der Waals surface area contributed by atoms with Crippen LogP contribution in [0, 0.1) is 0 Å². The fourth-order valence-corrected chi connectivity index (χ4v) is 1.92. The van der Waals surface area contributed by atoms with E-state index in [2.05, 4.69) is 0 Å². The first kappa shape index (κ1) is 13.6. The van der Waals surface area contributed by atoms with Gasteiger partial charge in [-0.2, -0.15) is 13.2 Å². The molecule has 0 aliphatic rings. The summed E-state index contributed by atoms with van der Waals surface area (Å²) in [6.45, 7) is 0. The number of Topliss-reactive ketones (excluding diaryl/α,β-unsaturated/α-hetero) is 1. The largest absolute Gasteiger partial charge is 0.417 e. The summed E-state index contributed by atoms with van der Waals surface area (Å²) in [5.74, 6) is -1.23. The summed E-state index contributed by atoms with van der Waals surface area (Å²) >= 11 is 16.3. The number of hydrogen-bond donors (Lipinski definition) is 0. The molecule has 16 heavy (non-hydrogen) atoms. The van der Waals surface area contributed by atoms with Gasteiger partial charge < -0.3 is 0 Å². The molecule has 1 nitrogen and oxygen atoms in total. The molecule has 0 unspecified atom stereocenters. The van der Waals surface area contributed by atoms with Gasteiger partial charge in [-0.1, -0.05) is 23.2 Å². The summed E-state index contributed by atoms with van der Waals surface area (Å²) in [5, 5.41) is -0.866. The lowest BCUT2D eigenvalue weighted by molar-refractivity contribution is -0.137. The van der Waals surface area contributed by atoms with Crippen LogP contribution in [0.15, 0.2) is 12.1 Å². The van der Waals surface area contributed by atoms with Gasteiger partial charge in [0.05, 0.1) is 27.1 Å². The van der Waals surface area contributed by atoms with E-state index < -0.39 is 34.0 Å². The Kier molecular flexibility index (Phi) is 4.10. The highest BCUT2D eigenvalue weighted by Crippen LogP contribution is 2.38. The quantitative estimate of drug-likeness (QED) is 0.582. The molecule has 0 amide bonds. The van der Waals surface area contributed by atoms with Crippen LogP contribution < -0.4 is 0 Å². The first-order chi connectivity index (χ1) is 7.29. The average molecular weight is 291 g/mol. The van der Waals surface area contributed by atoms with Crippen molar-refractivity contribution in [3.63, 3.8) is 0 Å². The first-order valence-corrected chi connectivity index (χ1v) is 5.22. The van der Waals surface area contributed by atoms with Crippen LogP contribution in [0.3, 0.4) is 0 Å². The summed E-state index contributed by atoms with van der Waals surface area (Å²) in [4.78, 5) is 11.3. The fourth-order valence-electron chi connectivity index (χ4n) is 1.09. The van der Waals surface area contributed by atoms with Crippen LogP contribution in [0.4, 0.5) is 13.2 Å². The van der Waals surface area contributed by atoms with Crippen LogP contribution in [-0.2, 0) is 6.18 Å². The molecule has 0 fully saturated rings. The van der Waals surface area contributed by atoms with E-state index in [0.29, 0.717) is 0 Å². The van der Waals surface area contributed by atoms with E-state index in [9.17, 15) is 18.0 Å². The molecule has 0 N–H and O–H groups in total. The van der Waals surface area contributed by atoms with Crippen molar-refractivity contribution >= 4 is 40.6 Å². The lowest BCUT2D eigenvalue weighted by Crippen LogP contribution is -2.10. The molecule has 1 rings (SSSR count). The molecule has 0 heterocycles. The monoisotopic (exact) mass is 290 g/mol. The second kappa shape index (κ2) is 4.82. The normalized spacial score (nSPS) is 11.6. The molecule has 0 aromatic heterocycles. The molecular weight excluding hydrogens is 287 g/mol. The number of carbonyl (C=O) groups is 1. The van der Waals surface area contributed by atoms with Crippen molar-refractivity contribution in [2.45, 2.75) is 6.18 Å². The minimum Gasteiger partial charge on any atom is -0.293 e. The Morgan fingerprint density at radius 3 is 2.25 bits per heavy atom. The summed E-state index contributed by atoms with van der Waals surface area (Å²) in [5.41, 5.74) is -1.50. The molecule has 1 aromatic rings. The molecule has 0 aliphatic carbocycles. The topological polar surface area (TPSA) is 17.1 Å². The van der Waals surface area contributed by atoms with Crippen LogP contribution in [0.2, 0.25) is 10.0 Å². The van der Waals surface area contributed by atoms with Crippen molar-refractivity contribution in [2.75, 3.05) is 5.88 Å². The van der Waals surface area contributed by atoms with E-state index in [-0.39, 0.29) is 5.02 Å². The highest BCUT2D eigenvalue weighted by Gasteiger charge is 2.35. The zero-order valence-electron chi connectivity index (χ0n) is 7.54. The highest BCUT2D eigenvalue weighted by atomic mass is 35.5. The molecule has 0 atom stereocenters. The predicted octanol–water partition coefficient (Wildman–Crippen LogP) is 4.43. The number of alkyl halides is 4. The Balaban J connectivity index is 3.45. The Hall–Kier alpha value is -0.450. The minimum absolute atomic E-state index is 0.149. The van der Waals surface area contributed by atoms with E-state index in [1.54, 1.807) is 0 Å². The van der Waals surface area contributed by atoms with Gasteiger partial charge in [0.1, 0.15) is 0 Å². The van der Waals surface area contributed by atoms with Gasteiger partial charge in [0.2, 0.25) is 0 Å². The molecule has 7 heteroatoms. The third kappa shape index (κ3) is 2.62.